The largest absolute Gasteiger partial charge is 0.385 e. The van der Waals surface area contributed by atoms with E-state index in [4.69, 9.17) is 0 Å². The maximum absolute atomic E-state index is 11.2. The van der Waals surface area contributed by atoms with Crippen LogP contribution in [-0.2, 0) is 5.60 Å². The number of rotatable bonds is 7. The van der Waals surface area contributed by atoms with Gasteiger partial charge in [-0.1, -0.05) is 50.6 Å². The Morgan fingerprint density at radius 2 is 1.71 bits per heavy atom. The predicted octanol–water partition coefficient (Wildman–Crippen LogP) is 4.19. The van der Waals surface area contributed by atoms with Crippen molar-refractivity contribution in [2.24, 2.45) is 5.92 Å². The highest BCUT2D eigenvalue weighted by atomic mass is 16.3. The normalized spacial score (nSPS) is 19.6. The van der Waals surface area contributed by atoms with E-state index in [0.29, 0.717) is 5.92 Å². The number of piperidine rings is 1. The fourth-order valence-electron chi connectivity index (χ4n) is 3.22. The van der Waals surface area contributed by atoms with Crippen molar-refractivity contribution in [1.82, 2.24) is 4.90 Å². The van der Waals surface area contributed by atoms with Crippen LogP contribution in [0.4, 0.5) is 0 Å². The van der Waals surface area contributed by atoms with Crippen LogP contribution in [0.15, 0.2) is 30.3 Å². The summed E-state index contributed by atoms with van der Waals surface area (Å²) in [6, 6.07) is 10.3. The Hall–Kier alpha value is -0.860. The minimum atomic E-state index is -0.664. The Morgan fingerprint density at radius 3 is 2.33 bits per heavy atom. The van der Waals surface area contributed by atoms with Gasteiger partial charge in [-0.2, -0.15) is 0 Å². The van der Waals surface area contributed by atoms with Crippen LogP contribution in [-0.4, -0.2) is 29.6 Å². The van der Waals surface area contributed by atoms with E-state index in [9.17, 15) is 5.11 Å². The zero-order chi connectivity index (χ0) is 15.1. The molecule has 0 aliphatic carbocycles. The van der Waals surface area contributed by atoms with Gasteiger partial charge in [-0.05, 0) is 56.7 Å². The van der Waals surface area contributed by atoms with Gasteiger partial charge in [0.15, 0.2) is 0 Å². The molecule has 1 fully saturated rings. The van der Waals surface area contributed by atoms with E-state index in [2.05, 4.69) is 30.9 Å². The van der Waals surface area contributed by atoms with Crippen molar-refractivity contribution in [2.45, 2.75) is 58.0 Å². The number of likely N-dealkylation sites (tertiary alicyclic amines) is 1. The Balaban J connectivity index is 2.00. The maximum Gasteiger partial charge on any atom is 0.0908 e. The number of benzene rings is 1. The molecule has 1 aromatic rings. The highest BCUT2D eigenvalue weighted by molar-refractivity contribution is 5.22. The SMILES string of the molecule is CC(C)CC[C@@](O)(CCN1CCCCC1)c1ccccc1. The minimum absolute atomic E-state index is 0.634. The summed E-state index contributed by atoms with van der Waals surface area (Å²) in [5, 5.41) is 11.2. The van der Waals surface area contributed by atoms with Crippen molar-refractivity contribution in [3.8, 4) is 0 Å². The Labute approximate surface area is 130 Å². The van der Waals surface area contributed by atoms with Crippen LogP contribution in [0.25, 0.3) is 0 Å². The molecule has 1 N–H and O–H groups in total. The molecule has 2 nitrogen and oxygen atoms in total. The fourth-order valence-corrected chi connectivity index (χ4v) is 3.22. The molecule has 0 bridgehead atoms. The van der Waals surface area contributed by atoms with Crippen LogP contribution in [0.2, 0.25) is 0 Å². The van der Waals surface area contributed by atoms with Crippen molar-refractivity contribution < 1.29 is 5.11 Å². The van der Waals surface area contributed by atoms with Gasteiger partial charge >= 0.3 is 0 Å². The Bertz CT molecular complexity index is 397. The van der Waals surface area contributed by atoms with Gasteiger partial charge in [0.25, 0.3) is 0 Å². The molecule has 118 valence electrons. The summed E-state index contributed by atoms with van der Waals surface area (Å²) in [6.45, 7) is 7.89. The third-order valence-corrected chi connectivity index (χ3v) is 4.74. The van der Waals surface area contributed by atoms with E-state index in [0.717, 1.165) is 31.4 Å². The number of hydrogen-bond donors (Lipinski definition) is 1. The van der Waals surface area contributed by atoms with E-state index in [1.165, 1.54) is 32.4 Å². The Kier molecular flexibility index (Phi) is 6.25. The first kappa shape index (κ1) is 16.5. The molecule has 0 amide bonds. The molecule has 0 radical (unpaired) electrons. The quantitative estimate of drug-likeness (QED) is 0.813. The first-order valence-electron chi connectivity index (χ1n) is 8.60. The molecule has 2 rings (SSSR count). The van der Waals surface area contributed by atoms with Gasteiger partial charge in [-0.25, -0.2) is 0 Å². The predicted molar refractivity (Wildman–Crippen MR) is 89.3 cm³/mol. The van der Waals surface area contributed by atoms with Gasteiger partial charge in [0.1, 0.15) is 0 Å². The summed E-state index contributed by atoms with van der Waals surface area (Å²) < 4.78 is 0. The summed E-state index contributed by atoms with van der Waals surface area (Å²) in [4.78, 5) is 2.52. The number of aliphatic hydroxyl groups is 1. The lowest BCUT2D eigenvalue weighted by Crippen LogP contribution is -2.36. The average molecular weight is 289 g/mol. The molecule has 0 aromatic heterocycles. The summed E-state index contributed by atoms with van der Waals surface area (Å²) in [5.41, 5.74) is 0.422. The molecule has 1 aliphatic heterocycles. The number of hydrogen-bond acceptors (Lipinski definition) is 2. The molecular formula is C19H31NO. The van der Waals surface area contributed by atoms with E-state index >= 15 is 0 Å². The Morgan fingerprint density at radius 1 is 1.05 bits per heavy atom. The molecule has 0 saturated carbocycles. The van der Waals surface area contributed by atoms with Crippen molar-refractivity contribution in [2.75, 3.05) is 19.6 Å². The molecule has 0 unspecified atom stereocenters. The summed E-state index contributed by atoms with van der Waals surface area (Å²) in [6.07, 6.45) is 6.79. The molecular weight excluding hydrogens is 258 g/mol. The van der Waals surface area contributed by atoms with Crippen molar-refractivity contribution in [1.29, 1.82) is 0 Å². The lowest BCUT2D eigenvalue weighted by molar-refractivity contribution is 0.00258. The molecule has 2 heteroatoms. The maximum atomic E-state index is 11.2. The van der Waals surface area contributed by atoms with E-state index in [1.807, 2.05) is 18.2 Å². The van der Waals surface area contributed by atoms with Crippen LogP contribution < -0.4 is 0 Å². The number of nitrogens with zero attached hydrogens (tertiary/aromatic N) is 1. The van der Waals surface area contributed by atoms with Gasteiger partial charge in [0, 0.05) is 6.54 Å². The highest BCUT2D eigenvalue weighted by Crippen LogP contribution is 2.32. The molecule has 1 aliphatic rings. The van der Waals surface area contributed by atoms with Gasteiger partial charge in [-0.15, -0.1) is 0 Å². The third-order valence-electron chi connectivity index (χ3n) is 4.74. The van der Waals surface area contributed by atoms with Gasteiger partial charge in [0.2, 0.25) is 0 Å². The molecule has 1 saturated heterocycles. The monoisotopic (exact) mass is 289 g/mol. The second-order valence-corrected chi connectivity index (χ2v) is 6.98. The first-order chi connectivity index (χ1) is 10.1. The molecule has 1 heterocycles. The lowest BCUT2D eigenvalue weighted by atomic mass is 9.84. The van der Waals surface area contributed by atoms with Crippen LogP contribution >= 0.6 is 0 Å². The second kappa shape index (κ2) is 7.95. The summed E-state index contributed by atoms with van der Waals surface area (Å²) >= 11 is 0. The minimum Gasteiger partial charge on any atom is -0.385 e. The molecule has 21 heavy (non-hydrogen) atoms. The van der Waals surface area contributed by atoms with Gasteiger partial charge < -0.3 is 10.0 Å². The van der Waals surface area contributed by atoms with Crippen LogP contribution in [0.3, 0.4) is 0 Å². The van der Waals surface area contributed by atoms with E-state index < -0.39 is 5.60 Å². The average Bonchev–Trinajstić information content (AvgIpc) is 2.53. The van der Waals surface area contributed by atoms with Crippen molar-refractivity contribution in [3.63, 3.8) is 0 Å². The van der Waals surface area contributed by atoms with Crippen LogP contribution in [0.1, 0.15) is 57.9 Å². The van der Waals surface area contributed by atoms with E-state index in [1.54, 1.807) is 0 Å². The highest BCUT2D eigenvalue weighted by Gasteiger charge is 2.29. The third kappa shape index (κ3) is 5.12. The molecule has 0 spiro atoms. The second-order valence-electron chi connectivity index (χ2n) is 6.98. The van der Waals surface area contributed by atoms with Crippen LogP contribution in [0.5, 0.6) is 0 Å². The fraction of sp³-hybridized carbons (Fsp3) is 0.684. The summed E-state index contributed by atoms with van der Waals surface area (Å²) in [7, 11) is 0. The first-order valence-corrected chi connectivity index (χ1v) is 8.60. The zero-order valence-corrected chi connectivity index (χ0v) is 13.7. The molecule has 1 atom stereocenters. The van der Waals surface area contributed by atoms with Gasteiger partial charge in [0.05, 0.1) is 5.60 Å². The zero-order valence-electron chi connectivity index (χ0n) is 13.7. The molecule has 1 aromatic carbocycles. The summed E-state index contributed by atoms with van der Waals surface area (Å²) in [5.74, 6) is 0.634. The smallest absolute Gasteiger partial charge is 0.0908 e. The van der Waals surface area contributed by atoms with Crippen LogP contribution in [0, 0.1) is 5.92 Å². The van der Waals surface area contributed by atoms with Crippen molar-refractivity contribution in [3.05, 3.63) is 35.9 Å². The van der Waals surface area contributed by atoms with E-state index in [-0.39, 0.29) is 0 Å². The standard InChI is InChI=1S/C19H31NO/c1-17(2)11-12-19(21,18-9-5-3-6-10-18)13-16-20-14-7-4-8-15-20/h3,5-6,9-10,17,21H,4,7-8,11-16H2,1-2H3/t19-/m1/s1. The van der Waals surface area contributed by atoms with Gasteiger partial charge in [-0.3, -0.25) is 0 Å². The lowest BCUT2D eigenvalue weighted by Gasteiger charge is -2.34. The van der Waals surface area contributed by atoms with Crippen molar-refractivity contribution >= 4 is 0 Å². The topological polar surface area (TPSA) is 23.5 Å².